The summed E-state index contributed by atoms with van der Waals surface area (Å²) < 4.78 is 14.1. The molecule has 0 spiro atoms. The molecule has 3 rings (SSSR count). The zero-order valence-electron chi connectivity index (χ0n) is 12.9. The SMILES string of the molecule is O=C(O)C=Cc1ccc(NCC2(c3ncccc3F)CCC2)nn1. The summed E-state index contributed by atoms with van der Waals surface area (Å²) in [5.74, 6) is -0.757. The van der Waals surface area contributed by atoms with Gasteiger partial charge in [-0.15, -0.1) is 10.2 Å². The van der Waals surface area contributed by atoms with E-state index in [1.165, 1.54) is 12.1 Å². The zero-order valence-corrected chi connectivity index (χ0v) is 12.9. The molecule has 7 heteroatoms. The van der Waals surface area contributed by atoms with Crippen molar-refractivity contribution in [2.24, 2.45) is 0 Å². The Morgan fingerprint density at radius 2 is 2.17 bits per heavy atom. The van der Waals surface area contributed by atoms with E-state index >= 15 is 0 Å². The molecule has 1 fully saturated rings. The Balaban J connectivity index is 1.68. The fraction of sp³-hybridized carbons (Fsp3) is 0.294. The van der Waals surface area contributed by atoms with Gasteiger partial charge in [-0.25, -0.2) is 9.18 Å². The molecule has 1 aliphatic rings. The maximum Gasteiger partial charge on any atom is 0.328 e. The van der Waals surface area contributed by atoms with Crippen molar-refractivity contribution >= 4 is 17.9 Å². The van der Waals surface area contributed by atoms with Gasteiger partial charge in [0, 0.05) is 24.2 Å². The van der Waals surface area contributed by atoms with Crippen molar-refractivity contribution in [2.75, 3.05) is 11.9 Å². The first-order chi connectivity index (χ1) is 11.6. The first-order valence-electron chi connectivity index (χ1n) is 7.69. The van der Waals surface area contributed by atoms with E-state index in [9.17, 15) is 9.18 Å². The van der Waals surface area contributed by atoms with Crippen LogP contribution in [0.15, 0.2) is 36.5 Å². The molecule has 2 aromatic rings. The maximum absolute atomic E-state index is 14.1. The van der Waals surface area contributed by atoms with Gasteiger partial charge in [-0.2, -0.15) is 0 Å². The Kier molecular flexibility index (Phi) is 4.50. The molecule has 6 nitrogen and oxygen atoms in total. The summed E-state index contributed by atoms with van der Waals surface area (Å²) in [6.45, 7) is 0.528. The number of hydrogen-bond donors (Lipinski definition) is 2. The number of pyridine rings is 1. The second kappa shape index (κ2) is 6.74. The van der Waals surface area contributed by atoms with Gasteiger partial charge in [-0.1, -0.05) is 6.42 Å². The minimum absolute atomic E-state index is 0.278. The van der Waals surface area contributed by atoms with Crippen LogP contribution in [0.5, 0.6) is 0 Å². The van der Waals surface area contributed by atoms with Crippen LogP contribution in [0.2, 0.25) is 0 Å². The van der Waals surface area contributed by atoms with E-state index in [4.69, 9.17) is 5.11 Å². The van der Waals surface area contributed by atoms with Crippen molar-refractivity contribution in [1.82, 2.24) is 15.2 Å². The van der Waals surface area contributed by atoms with E-state index < -0.39 is 5.97 Å². The van der Waals surface area contributed by atoms with Crippen LogP contribution in [0.3, 0.4) is 0 Å². The first kappa shape index (κ1) is 16.0. The standard InChI is InChI=1S/C17H17FN4O2/c18-13-3-1-10-19-16(13)17(8-2-9-17)11-20-14-6-4-12(21-22-14)5-7-15(23)24/h1,3-7,10H,2,8-9,11H2,(H,20,22)(H,23,24). The number of halogens is 1. The Labute approximate surface area is 138 Å². The molecule has 0 radical (unpaired) electrons. The number of carboxylic acid groups (broad SMARTS) is 1. The summed E-state index contributed by atoms with van der Waals surface area (Å²) in [4.78, 5) is 14.7. The van der Waals surface area contributed by atoms with Crippen molar-refractivity contribution in [2.45, 2.75) is 24.7 Å². The molecule has 0 unspecified atom stereocenters. The zero-order chi connectivity index (χ0) is 17.0. The van der Waals surface area contributed by atoms with Crippen LogP contribution in [-0.4, -0.2) is 32.8 Å². The summed E-state index contributed by atoms with van der Waals surface area (Å²) in [5, 5.41) is 19.7. The minimum atomic E-state index is -1.04. The van der Waals surface area contributed by atoms with Crippen LogP contribution in [0.25, 0.3) is 6.08 Å². The highest BCUT2D eigenvalue weighted by Crippen LogP contribution is 2.43. The molecule has 1 aliphatic carbocycles. The number of nitrogens with zero attached hydrogens (tertiary/aromatic N) is 3. The third-order valence-corrected chi connectivity index (χ3v) is 4.26. The van der Waals surface area contributed by atoms with Crippen molar-refractivity contribution in [3.8, 4) is 0 Å². The highest BCUT2D eigenvalue weighted by atomic mass is 19.1. The fourth-order valence-corrected chi connectivity index (χ4v) is 2.82. The molecular weight excluding hydrogens is 311 g/mol. The van der Waals surface area contributed by atoms with E-state index in [2.05, 4.69) is 20.5 Å². The van der Waals surface area contributed by atoms with Gasteiger partial charge in [0.25, 0.3) is 0 Å². The molecule has 0 atom stereocenters. The van der Waals surface area contributed by atoms with Crippen LogP contribution in [0.4, 0.5) is 10.2 Å². The van der Waals surface area contributed by atoms with Crippen molar-refractivity contribution in [3.05, 3.63) is 53.7 Å². The predicted octanol–water partition coefficient (Wildman–Crippen LogP) is 2.64. The van der Waals surface area contributed by atoms with Crippen LogP contribution in [0, 0.1) is 5.82 Å². The van der Waals surface area contributed by atoms with Gasteiger partial charge in [-0.05, 0) is 43.2 Å². The van der Waals surface area contributed by atoms with E-state index in [0.29, 0.717) is 23.8 Å². The van der Waals surface area contributed by atoms with Crippen molar-refractivity contribution in [3.63, 3.8) is 0 Å². The lowest BCUT2D eigenvalue weighted by Gasteiger charge is -2.41. The number of hydrogen-bond acceptors (Lipinski definition) is 5. The smallest absolute Gasteiger partial charge is 0.328 e. The van der Waals surface area contributed by atoms with E-state index in [1.807, 2.05) is 0 Å². The number of anilines is 1. The molecule has 2 heterocycles. The lowest BCUT2D eigenvalue weighted by atomic mass is 9.66. The average Bonchev–Trinajstić information content (AvgIpc) is 2.54. The second-order valence-electron chi connectivity index (χ2n) is 5.84. The van der Waals surface area contributed by atoms with Gasteiger partial charge in [0.2, 0.25) is 0 Å². The Hall–Kier alpha value is -2.83. The first-order valence-corrected chi connectivity index (χ1v) is 7.69. The van der Waals surface area contributed by atoms with Gasteiger partial charge in [-0.3, -0.25) is 4.98 Å². The summed E-state index contributed by atoms with van der Waals surface area (Å²) in [5.41, 5.74) is 0.643. The molecule has 2 N–H and O–H groups in total. The number of rotatable bonds is 6. The Bertz CT molecular complexity index is 757. The van der Waals surface area contributed by atoms with Crippen LogP contribution >= 0.6 is 0 Å². The van der Waals surface area contributed by atoms with Crippen LogP contribution in [-0.2, 0) is 10.2 Å². The molecule has 24 heavy (non-hydrogen) atoms. The normalized spacial score (nSPS) is 15.9. The molecule has 2 aromatic heterocycles. The lowest BCUT2D eigenvalue weighted by Crippen LogP contribution is -2.42. The van der Waals surface area contributed by atoms with Gasteiger partial charge in [0.05, 0.1) is 11.4 Å². The highest BCUT2D eigenvalue weighted by Gasteiger charge is 2.41. The fourth-order valence-electron chi connectivity index (χ4n) is 2.82. The number of aliphatic carboxylic acids is 1. The molecule has 1 saturated carbocycles. The van der Waals surface area contributed by atoms with Crippen LogP contribution < -0.4 is 5.32 Å². The average molecular weight is 328 g/mol. The monoisotopic (exact) mass is 328 g/mol. The summed E-state index contributed by atoms with van der Waals surface area (Å²) >= 11 is 0. The third kappa shape index (κ3) is 3.40. The maximum atomic E-state index is 14.1. The Morgan fingerprint density at radius 3 is 2.75 bits per heavy atom. The summed E-state index contributed by atoms with van der Waals surface area (Å²) in [7, 11) is 0. The Morgan fingerprint density at radius 1 is 1.33 bits per heavy atom. The van der Waals surface area contributed by atoms with Gasteiger partial charge in [0.1, 0.15) is 11.6 Å². The largest absolute Gasteiger partial charge is 0.478 e. The lowest BCUT2D eigenvalue weighted by molar-refractivity contribution is -0.131. The highest BCUT2D eigenvalue weighted by molar-refractivity contribution is 5.84. The van der Waals surface area contributed by atoms with E-state index in [-0.39, 0.29) is 11.2 Å². The number of nitrogens with one attached hydrogen (secondary N) is 1. The molecule has 124 valence electrons. The summed E-state index contributed by atoms with van der Waals surface area (Å²) in [6, 6.07) is 6.42. The molecule has 0 aromatic carbocycles. The summed E-state index contributed by atoms with van der Waals surface area (Å²) in [6.07, 6.45) is 6.78. The topological polar surface area (TPSA) is 88.0 Å². The predicted molar refractivity (Wildman–Crippen MR) is 86.9 cm³/mol. The van der Waals surface area contributed by atoms with Gasteiger partial charge < -0.3 is 10.4 Å². The quantitative estimate of drug-likeness (QED) is 0.793. The van der Waals surface area contributed by atoms with Gasteiger partial charge >= 0.3 is 5.97 Å². The number of aromatic nitrogens is 3. The number of carboxylic acids is 1. The number of carbonyl (C=O) groups is 1. The molecule has 0 amide bonds. The molecule has 0 aliphatic heterocycles. The molecule has 0 bridgehead atoms. The second-order valence-corrected chi connectivity index (χ2v) is 5.84. The van der Waals surface area contributed by atoms with E-state index in [0.717, 1.165) is 25.3 Å². The molecule has 0 saturated heterocycles. The van der Waals surface area contributed by atoms with Crippen LogP contribution in [0.1, 0.15) is 30.7 Å². The third-order valence-electron chi connectivity index (χ3n) is 4.26. The molecular formula is C17H17FN4O2. The minimum Gasteiger partial charge on any atom is -0.478 e. The van der Waals surface area contributed by atoms with Crippen molar-refractivity contribution in [1.29, 1.82) is 0 Å². The van der Waals surface area contributed by atoms with Crippen molar-refractivity contribution < 1.29 is 14.3 Å². The van der Waals surface area contributed by atoms with Gasteiger partial charge in [0.15, 0.2) is 0 Å². The van der Waals surface area contributed by atoms with E-state index in [1.54, 1.807) is 24.4 Å².